The van der Waals surface area contributed by atoms with Gasteiger partial charge in [0.05, 0.1) is 6.54 Å². The standard InChI is InChI=1S/C23H26FN5OS/c1-3-13-29-21(16-25-20-10-4-17(2)5-11-20)27-28-23(29)31-14-12-22(30)26-15-18-6-8-19(24)9-7-18/h3-11,25H,1,12-16H2,2H3,(H,26,30). The molecule has 0 saturated heterocycles. The van der Waals surface area contributed by atoms with E-state index in [9.17, 15) is 9.18 Å². The number of benzene rings is 2. The molecular weight excluding hydrogens is 413 g/mol. The summed E-state index contributed by atoms with van der Waals surface area (Å²) >= 11 is 1.49. The Balaban J connectivity index is 1.48. The molecule has 0 bridgehead atoms. The van der Waals surface area contributed by atoms with Crippen molar-refractivity contribution < 1.29 is 9.18 Å². The Kier molecular flexibility index (Phi) is 8.23. The molecule has 3 aromatic rings. The van der Waals surface area contributed by atoms with Crippen molar-refractivity contribution in [2.45, 2.75) is 38.1 Å². The summed E-state index contributed by atoms with van der Waals surface area (Å²) in [6.07, 6.45) is 2.15. The second-order valence-corrected chi connectivity index (χ2v) is 8.08. The van der Waals surface area contributed by atoms with E-state index in [0.717, 1.165) is 22.2 Å². The third kappa shape index (κ3) is 6.96. The lowest BCUT2D eigenvalue weighted by atomic mass is 10.2. The molecule has 2 N–H and O–H groups in total. The predicted molar refractivity (Wildman–Crippen MR) is 122 cm³/mol. The number of rotatable bonds is 11. The third-order valence-corrected chi connectivity index (χ3v) is 5.54. The molecular formula is C23H26FN5OS. The Morgan fingerprint density at radius 3 is 2.58 bits per heavy atom. The van der Waals surface area contributed by atoms with Gasteiger partial charge in [-0.3, -0.25) is 4.79 Å². The van der Waals surface area contributed by atoms with Crippen LogP contribution in [0.4, 0.5) is 10.1 Å². The number of hydrogen-bond acceptors (Lipinski definition) is 5. The first-order valence-corrected chi connectivity index (χ1v) is 11.0. The van der Waals surface area contributed by atoms with Crippen LogP contribution < -0.4 is 10.6 Å². The van der Waals surface area contributed by atoms with Gasteiger partial charge in [0.25, 0.3) is 0 Å². The van der Waals surface area contributed by atoms with Gasteiger partial charge < -0.3 is 15.2 Å². The van der Waals surface area contributed by atoms with E-state index in [1.807, 2.05) is 16.7 Å². The Morgan fingerprint density at radius 2 is 1.87 bits per heavy atom. The minimum Gasteiger partial charge on any atom is -0.378 e. The molecule has 0 aliphatic rings. The molecule has 0 radical (unpaired) electrons. The second-order valence-electron chi connectivity index (χ2n) is 7.02. The zero-order chi connectivity index (χ0) is 22.1. The van der Waals surface area contributed by atoms with Gasteiger partial charge in [-0.2, -0.15) is 0 Å². The highest BCUT2D eigenvalue weighted by Crippen LogP contribution is 2.19. The molecule has 0 saturated carbocycles. The molecule has 0 fully saturated rings. The first-order chi connectivity index (χ1) is 15.0. The number of aryl methyl sites for hydroxylation is 1. The summed E-state index contributed by atoms with van der Waals surface area (Å²) in [6, 6.07) is 14.3. The molecule has 0 aliphatic heterocycles. The van der Waals surface area contributed by atoms with E-state index < -0.39 is 0 Å². The summed E-state index contributed by atoms with van der Waals surface area (Å²) in [5, 5.41) is 15.5. The fourth-order valence-electron chi connectivity index (χ4n) is 2.85. The van der Waals surface area contributed by atoms with Crippen molar-refractivity contribution >= 4 is 23.4 Å². The van der Waals surface area contributed by atoms with Crippen LogP contribution in [-0.2, 0) is 24.4 Å². The number of aromatic nitrogens is 3. The summed E-state index contributed by atoms with van der Waals surface area (Å²) in [5.41, 5.74) is 3.09. The molecule has 2 aromatic carbocycles. The van der Waals surface area contributed by atoms with Crippen molar-refractivity contribution in [1.82, 2.24) is 20.1 Å². The lowest BCUT2D eigenvalue weighted by molar-refractivity contribution is -0.120. The van der Waals surface area contributed by atoms with Crippen LogP contribution in [0.15, 0.2) is 66.3 Å². The quantitative estimate of drug-likeness (QED) is 0.344. The van der Waals surface area contributed by atoms with Crippen LogP contribution in [0.2, 0.25) is 0 Å². The largest absolute Gasteiger partial charge is 0.378 e. The minimum atomic E-state index is -0.288. The van der Waals surface area contributed by atoms with E-state index in [1.165, 1.54) is 29.5 Å². The molecule has 6 nitrogen and oxygen atoms in total. The fraction of sp³-hybridized carbons (Fsp3) is 0.261. The zero-order valence-electron chi connectivity index (χ0n) is 17.5. The van der Waals surface area contributed by atoms with Crippen LogP contribution in [0, 0.1) is 12.7 Å². The van der Waals surface area contributed by atoms with Gasteiger partial charge in [-0.1, -0.05) is 47.7 Å². The summed E-state index contributed by atoms with van der Waals surface area (Å²) < 4.78 is 14.9. The summed E-state index contributed by atoms with van der Waals surface area (Å²) in [4.78, 5) is 12.1. The van der Waals surface area contributed by atoms with E-state index in [0.29, 0.717) is 31.8 Å². The van der Waals surface area contributed by atoms with Crippen LogP contribution in [0.5, 0.6) is 0 Å². The Labute approximate surface area is 186 Å². The number of amides is 1. The molecule has 0 aliphatic carbocycles. The van der Waals surface area contributed by atoms with Gasteiger partial charge in [0.15, 0.2) is 11.0 Å². The SMILES string of the molecule is C=CCn1c(CNc2ccc(C)cc2)nnc1SCCC(=O)NCc1ccc(F)cc1. The lowest BCUT2D eigenvalue weighted by Gasteiger charge is -2.10. The van der Waals surface area contributed by atoms with Crippen molar-refractivity contribution in [3.63, 3.8) is 0 Å². The molecule has 3 rings (SSSR count). The summed E-state index contributed by atoms with van der Waals surface area (Å²) in [6.45, 7) is 7.39. The predicted octanol–water partition coefficient (Wildman–Crippen LogP) is 4.32. The number of thioether (sulfide) groups is 1. The number of hydrogen-bond donors (Lipinski definition) is 2. The maximum atomic E-state index is 12.9. The third-order valence-electron chi connectivity index (χ3n) is 4.57. The molecule has 8 heteroatoms. The van der Waals surface area contributed by atoms with Gasteiger partial charge in [-0.25, -0.2) is 4.39 Å². The highest BCUT2D eigenvalue weighted by atomic mass is 32.2. The monoisotopic (exact) mass is 439 g/mol. The first kappa shape index (κ1) is 22.6. The number of allylic oxidation sites excluding steroid dienone is 1. The number of carbonyl (C=O) groups is 1. The van der Waals surface area contributed by atoms with Crippen molar-refractivity contribution in [1.29, 1.82) is 0 Å². The Hall–Kier alpha value is -3.13. The molecule has 0 atom stereocenters. The maximum absolute atomic E-state index is 12.9. The highest BCUT2D eigenvalue weighted by molar-refractivity contribution is 7.99. The normalized spacial score (nSPS) is 10.6. The first-order valence-electron chi connectivity index (χ1n) is 10.0. The highest BCUT2D eigenvalue weighted by Gasteiger charge is 2.12. The number of nitrogens with one attached hydrogen (secondary N) is 2. The molecule has 1 amide bonds. The van der Waals surface area contributed by atoms with Crippen LogP contribution in [0.25, 0.3) is 0 Å². The van der Waals surface area contributed by atoms with Gasteiger partial charge in [0, 0.05) is 31.0 Å². The van der Waals surface area contributed by atoms with Crippen molar-refractivity contribution in [3.05, 3.63) is 84.0 Å². The fourth-order valence-corrected chi connectivity index (χ4v) is 3.75. The average molecular weight is 440 g/mol. The zero-order valence-corrected chi connectivity index (χ0v) is 18.3. The van der Waals surface area contributed by atoms with Crippen LogP contribution in [0.1, 0.15) is 23.4 Å². The van der Waals surface area contributed by atoms with E-state index >= 15 is 0 Å². The van der Waals surface area contributed by atoms with Gasteiger partial charge in [0.1, 0.15) is 5.82 Å². The van der Waals surface area contributed by atoms with E-state index in [1.54, 1.807) is 18.2 Å². The molecule has 1 heterocycles. The average Bonchev–Trinajstić information content (AvgIpc) is 3.15. The molecule has 162 valence electrons. The van der Waals surface area contributed by atoms with Crippen LogP contribution in [-0.4, -0.2) is 26.4 Å². The Bertz CT molecular complexity index is 1000. The number of anilines is 1. The second kappa shape index (κ2) is 11.3. The Morgan fingerprint density at radius 1 is 1.13 bits per heavy atom. The van der Waals surface area contributed by atoms with E-state index in [4.69, 9.17) is 0 Å². The van der Waals surface area contributed by atoms with E-state index in [-0.39, 0.29) is 11.7 Å². The van der Waals surface area contributed by atoms with Crippen molar-refractivity contribution in [2.75, 3.05) is 11.1 Å². The van der Waals surface area contributed by atoms with Gasteiger partial charge in [-0.15, -0.1) is 16.8 Å². The topological polar surface area (TPSA) is 71.8 Å². The van der Waals surface area contributed by atoms with Crippen molar-refractivity contribution in [3.8, 4) is 0 Å². The number of nitrogens with zero attached hydrogens (tertiary/aromatic N) is 3. The minimum absolute atomic E-state index is 0.0622. The van der Waals surface area contributed by atoms with Gasteiger partial charge in [0.2, 0.25) is 5.91 Å². The van der Waals surface area contributed by atoms with Crippen molar-refractivity contribution in [2.24, 2.45) is 0 Å². The number of carbonyl (C=O) groups excluding carboxylic acids is 1. The molecule has 1 aromatic heterocycles. The smallest absolute Gasteiger partial charge is 0.221 e. The van der Waals surface area contributed by atoms with Crippen LogP contribution >= 0.6 is 11.8 Å². The molecule has 31 heavy (non-hydrogen) atoms. The molecule has 0 unspecified atom stereocenters. The van der Waals surface area contributed by atoms with Crippen LogP contribution in [0.3, 0.4) is 0 Å². The molecule has 0 spiro atoms. The number of halogens is 1. The van der Waals surface area contributed by atoms with Gasteiger partial charge >= 0.3 is 0 Å². The van der Waals surface area contributed by atoms with E-state index in [2.05, 4.69) is 46.5 Å². The summed E-state index contributed by atoms with van der Waals surface area (Å²) in [5.74, 6) is 1.04. The van der Waals surface area contributed by atoms with Gasteiger partial charge in [-0.05, 0) is 36.8 Å². The summed E-state index contributed by atoms with van der Waals surface area (Å²) in [7, 11) is 0. The maximum Gasteiger partial charge on any atom is 0.221 e. The lowest BCUT2D eigenvalue weighted by Crippen LogP contribution is -2.23.